The maximum absolute atomic E-state index is 5.63. The Labute approximate surface area is 61.6 Å². The lowest BCUT2D eigenvalue weighted by Gasteiger charge is -1.90. The van der Waals surface area contributed by atoms with E-state index in [4.69, 9.17) is 11.6 Å². The minimum absolute atomic E-state index is 0.883. The highest BCUT2D eigenvalue weighted by molar-refractivity contribution is 6.17. The number of alkyl halides is 1. The lowest BCUT2D eigenvalue weighted by molar-refractivity contribution is 0.618. The molecule has 0 bridgehead atoms. The second kappa shape index (κ2) is 2.16. The van der Waals surface area contributed by atoms with Gasteiger partial charge in [-0.25, -0.2) is 0 Å². The fourth-order valence-electron chi connectivity index (χ4n) is 1.84. The first-order chi connectivity index (χ1) is 4.42. The Morgan fingerprint density at radius 1 is 1.33 bits per heavy atom. The van der Waals surface area contributed by atoms with Crippen molar-refractivity contribution in [2.24, 2.45) is 17.8 Å². The fourth-order valence-corrected chi connectivity index (χ4v) is 2.13. The van der Waals surface area contributed by atoms with E-state index in [0.29, 0.717) is 0 Å². The van der Waals surface area contributed by atoms with Gasteiger partial charge in [-0.05, 0) is 43.4 Å². The van der Waals surface area contributed by atoms with Crippen molar-refractivity contribution in [3.63, 3.8) is 0 Å². The molecule has 0 amide bonds. The third-order valence-electron chi connectivity index (χ3n) is 2.68. The summed E-state index contributed by atoms with van der Waals surface area (Å²) in [5, 5.41) is 0. The molecule has 0 aliphatic heterocycles. The van der Waals surface area contributed by atoms with E-state index in [0.717, 1.165) is 23.6 Å². The van der Waals surface area contributed by atoms with Crippen LogP contribution in [0.5, 0.6) is 0 Å². The van der Waals surface area contributed by atoms with Crippen LogP contribution in [0, 0.1) is 17.8 Å². The molecule has 0 radical (unpaired) electrons. The minimum atomic E-state index is 0.883. The molecule has 0 N–H and O–H groups in total. The maximum Gasteiger partial charge on any atom is 0.0226 e. The molecule has 0 heterocycles. The summed E-state index contributed by atoms with van der Waals surface area (Å²) in [7, 11) is 0. The van der Waals surface area contributed by atoms with Gasteiger partial charge >= 0.3 is 0 Å². The van der Waals surface area contributed by atoms with Crippen LogP contribution in [0.2, 0.25) is 0 Å². The normalized spacial score (nSPS) is 41.0. The number of rotatable bonds is 3. The number of hydrogen-bond donors (Lipinski definition) is 0. The molecule has 0 saturated heterocycles. The molecule has 0 spiro atoms. The third-order valence-corrected chi connectivity index (χ3v) is 2.90. The lowest BCUT2D eigenvalue weighted by atomic mass is 10.2. The molecule has 2 saturated carbocycles. The van der Waals surface area contributed by atoms with E-state index in [9.17, 15) is 0 Å². The van der Waals surface area contributed by atoms with Gasteiger partial charge in [0.05, 0.1) is 0 Å². The van der Waals surface area contributed by atoms with Crippen molar-refractivity contribution in [3.05, 3.63) is 0 Å². The van der Waals surface area contributed by atoms with E-state index in [1.165, 1.54) is 25.7 Å². The van der Waals surface area contributed by atoms with Crippen molar-refractivity contribution in [1.29, 1.82) is 0 Å². The van der Waals surface area contributed by atoms with Crippen molar-refractivity contribution in [3.8, 4) is 0 Å². The van der Waals surface area contributed by atoms with Gasteiger partial charge in [-0.3, -0.25) is 0 Å². The van der Waals surface area contributed by atoms with Crippen LogP contribution in [-0.2, 0) is 0 Å². The Morgan fingerprint density at radius 2 is 2.11 bits per heavy atom. The Hall–Kier alpha value is 0.290. The van der Waals surface area contributed by atoms with Gasteiger partial charge in [-0.1, -0.05) is 0 Å². The van der Waals surface area contributed by atoms with Crippen LogP contribution in [0.3, 0.4) is 0 Å². The third kappa shape index (κ3) is 1.24. The summed E-state index contributed by atoms with van der Waals surface area (Å²) in [6.07, 6.45) is 5.81. The minimum Gasteiger partial charge on any atom is -0.127 e. The molecule has 1 heteroatoms. The fraction of sp³-hybridized carbons (Fsp3) is 1.00. The topological polar surface area (TPSA) is 0 Å². The monoisotopic (exact) mass is 144 g/mol. The van der Waals surface area contributed by atoms with E-state index < -0.39 is 0 Å². The van der Waals surface area contributed by atoms with Crippen molar-refractivity contribution >= 4 is 11.6 Å². The molecular weight excluding hydrogens is 132 g/mol. The molecule has 2 rings (SSSR count). The van der Waals surface area contributed by atoms with Crippen LogP contribution in [0.4, 0.5) is 0 Å². The molecule has 2 aliphatic rings. The lowest BCUT2D eigenvalue weighted by Crippen LogP contribution is -1.84. The van der Waals surface area contributed by atoms with Gasteiger partial charge in [0.1, 0.15) is 0 Å². The van der Waals surface area contributed by atoms with Gasteiger partial charge in [0.15, 0.2) is 0 Å². The Balaban J connectivity index is 1.69. The summed E-state index contributed by atoms with van der Waals surface area (Å²) in [5.74, 6) is 4.17. The molecule has 2 aliphatic carbocycles. The van der Waals surface area contributed by atoms with E-state index in [1.54, 1.807) is 0 Å². The largest absolute Gasteiger partial charge is 0.127 e. The summed E-state index contributed by atoms with van der Waals surface area (Å²) in [6.45, 7) is 0. The predicted molar refractivity (Wildman–Crippen MR) is 39.7 cm³/mol. The number of halogens is 1. The summed E-state index contributed by atoms with van der Waals surface area (Å²) < 4.78 is 0. The zero-order chi connectivity index (χ0) is 6.27. The van der Waals surface area contributed by atoms with Crippen LogP contribution in [0.25, 0.3) is 0 Å². The zero-order valence-electron chi connectivity index (χ0n) is 5.65. The molecule has 9 heavy (non-hydrogen) atoms. The first kappa shape index (κ1) is 6.03. The highest BCUT2D eigenvalue weighted by atomic mass is 35.5. The standard InChI is InChI=1S/C8H13Cl/c9-4-3-7-5-8(7)6-1-2-6/h6-8H,1-5H2/t7-,8+/m1/s1. The summed E-state index contributed by atoms with van der Waals surface area (Å²) in [6, 6.07) is 0. The van der Waals surface area contributed by atoms with Crippen LogP contribution in [0.15, 0.2) is 0 Å². The highest BCUT2D eigenvalue weighted by Gasteiger charge is 2.46. The van der Waals surface area contributed by atoms with Crippen molar-refractivity contribution in [2.45, 2.75) is 25.7 Å². The van der Waals surface area contributed by atoms with Crippen LogP contribution in [-0.4, -0.2) is 5.88 Å². The molecule has 0 nitrogen and oxygen atoms in total. The van der Waals surface area contributed by atoms with Crippen LogP contribution < -0.4 is 0 Å². The first-order valence-electron chi connectivity index (χ1n) is 3.98. The maximum atomic E-state index is 5.63. The van der Waals surface area contributed by atoms with E-state index in [2.05, 4.69) is 0 Å². The molecule has 0 aromatic heterocycles. The molecule has 0 aromatic rings. The van der Waals surface area contributed by atoms with Crippen LogP contribution >= 0.6 is 11.6 Å². The van der Waals surface area contributed by atoms with Gasteiger partial charge in [-0.2, -0.15) is 0 Å². The molecule has 2 fully saturated rings. The Kier molecular flexibility index (Phi) is 1.45. The highest BCUT2D eigenvalue weighted by Crippen LogP contribution is 2.55. The second-order valence-electron chi connectivity index (χ2n) is 3.47. The van der Waals surface area contributed by atoms with E-state index in [-0.39, 0.29) is 0 Å². The Bertz CT molecular complexity index is 107. The van der Waals surface area contributed by atoms with Gasteiger partial charge in [0.25, 0.3) is 0 Å². The van der Waals surface area contributed by atoms with Crippen molar-refractivity contribution in [2.75, 3.05) is 5.88 Å². The summed E-state index contributed by atoms with van der Waals surface area (Å²) >= 11 is 5.63. The van der Waals surface area contributed by atoms with Crippen molar-refractivity contribution < 1.29 is 0 Å². The SMILES string of the molecule is ClCC[C@@H]1C[C@H]1C1CC1. The molecule has 0 aromatic carbocycles. The average Bonchev–Trinajstić information content (AvgIpc) is 2.58. The van der Waals surface area contributed by atoms with Gasteiger partial charge in [0.2, 0.25) is 0 Å². The van der Waals surface area contributed by atoms with Gasteiger partial charge < -0.3 is 0 Å². The van der Waals surface area contributed by atoms with Gasteiger partial charge in [0, 0.05) is 5.88 Å². The zero-order valence-corrected chi connectivity index (χ0v) is 6.40. The molecular formula is C8H13Cl. The summed E-state index contributed by atoms with van der Waals surface area (Å²) in [4.78, 5) is 0. The summed E-state index contributed by atoms with van der Waals surface area (Å²) in [5.41, 5.74) is 0. The van der Waals surface area contributed by atoms with Crippen molar-refractivity contribution in [1.82, 2.24) is 0 Å². The predicted octanol–water partition coefficient (Wildman–Crippen LogP) is 2.66. The van der Waals surface area contributed by atoms with Gasteiger partial charge in [-0.15, -0.1) is 11.6 Å². The molecule has 0 unspecified atom stereocenters. The second-order valence-corrected chi connectivity index (χ2v) is 3.85. The average molecular weight is 145 g/mol. The van der Waals surface area contributed by atoms with E-state index in [1.807, 2.05) is 0 Å². The number of hydrogen-bond acceptors (Lipinski definition) is 0. The smallest absolute Gasteiger partial charge is 0.0226 e. The first-order valence-corrected chi connectivity index (χ1v) is 4.51. The quantitative estimate of drug-likeness (QED) is 0.535. The van der Waals surface area contributed by atoms with E-state index >= 15 is 0 Å². The molecule has 2 atom stereocenters. The molecule has 52 valence electrons. The van der Waals surface area contributed by atoms with Crippen LogP contribution in [0.1, 0.15) is 25.7 Å². The Morgan fingerprint density at radius 3 is 2.67 bits per heavy atom.